The maximum absolute atomic E-state index is 14.7. The molecule has 6 rings (SSSR count). The third-order valence-electron chi connectivity index (χ3n) is 8.29. The molecule has 3 heterocycles. The fraction of sp³-hybridized carbons (Fsp3) is 0.472. The summed E-state index contributed by atoms with van der Waals surface area (Å²) in [6.45, 7) is 12.3. The van der Waals surface area contributed by atoms with Gasteiger partial charge in [0.25, 0.3) is 0 Å². The summed E-state index contributed by atoms with van der Waals surface area (Å²) in [5, 5.41) is 25.0. The normalized spacial score (nSPS) is 17.3. The Morgan fingerprint density at radius 1 is 0.745 bits per heavy atom. The molecule has 3 aliphatic heterocycles. The lowest BCUT2D eigenvalue weighted by molar-refractivity contribution is -0.118. The first-order valence-electron chi connectivity index (χ1n) is 15.8. The molecule has 3 N–H and O–H groups in total. The Labute approximate surface area is 283 Å². The van der Waals surface area contributed by atoms with Crippen molar-refractivity contribution in [3.05, 3.63) is 63.6 Å². The summed E-state index contributed by atoms with van der Waals surface area (Å²) in [7, 11) is 0. The molecule has 3 aromatic rings. The van der Waals surface area contributed by atoms with Crippen LogP contribution in [0.15, 0.2) is 46.9 Å². The van der Waals surface area contributed by atoms with Crippen LogP contribution in [0.2, 0.25) is 0 Å². The SMILES string of the molecule is CC(C)(C)C[C@@H](O)COc1cc2c(cc1C1(c3cc4c(cc3OC[C@H](O)CC(C)(C)C)OCO4)C(=O)Nc3ccc(Br)cc31)OCO2. The Bertz CT molecular complexity index is 1590. The van der Waals surface area contributed by atoms with Crippen molar-refractivity contribution >= 4 is 27.5 Å². The van der Waals surface area contributed by atoms with Gasteiger partial charge < -0.3 is 44.0 Å². The minimum Gasteiger partial charge on any atom is -0.490 e. The summed E-state index contributed by atoms with van der Waals surface area (Å²) in [4.78, 5) is 14.7. The maximum atomic E-state index is 14.7. The second-order valence-electron chi connectivity index (χ2n) is 14.8. The standard InChI is InChI=1S/C36H42BrNO9/c1-34(2,3)14-21(39)16-42-27-12-31-29(44-18-46-31)10-24(27)36(23-9-20(37)7-8-26(23)38-33(36)41)25-11-30-32(47-19-45-30)13-28(25)43-17-22(40)15-35(4,5)6/h7-13,21-22,39-40H,14-19H2,1-6H3,(H,38,41)/t21-,22-/m1/s1. The van der Waals surface area contributed by atoms with E-state index >= 15 is 0 Å². The minimum atomic E-state index is -1.56. The summed E-state index contributed by atoms with van der Waals surface area (Å²) in [6, 6.07) is 12.5. The molecule has 0 bridgehead atoms. The van der Waals surface area contributed by atoms with Gasteiger partial charge in [-0.15, -0.1) is 0 Å². The van der Waals surface area contributed by atoms with Crippen molar-refractivity contribution in [1.29, 1.82) is 0 Å². The summed E-state index contributed by atoms with van der Waals surface area (Å²) in [5.41, 5.74) is 0.329. The predicted molar refractivity (Wildman–Crippen MR) is 179 cm³/mol. The van der Waals surface area contributed by atoms with E-state index in [0.717, 1.165) is 4.47 Å². The summed E-state index contributed by atoms with van der Waals surface area (Å²) in [5.74, 6) is 2.13. The molecule has 0 saturated carbocycles. The lowest BCUT2D eigenvalue weighted by Crippen LogP contribution is -2.38. The van der Waals surface area contributed by atoms with Crippen molar-refractivity contribution in [3.63, 3.8) is 0 Å². The third-order valence-corrected chi connectivity index (χ3v) is 8.78. The predicted octanol–water partition coefficient (Wildman–Crippen LogP) is 6.54. The van der Waals surface area contributed by atoms with Crippen molar-refractivity contribution in [1.82, 2.24) is 0 Å². The summed E-state index contributed by atoms with van der Waals surface area (Å²) in [6.07, 6.45) is -0.523. The van der Waals surface area contributed by atoms with Gasteiger partial charge in [-0.25, -0.2) is 0 Å². The summed E-state index contributed by atoms with van der Waals surface area (Å²) < 4.78 is 36.6. The van der Waals surface area contributed by atoms with Crippen LogP contribution in [0.25, 0.3) is 0 Å². The molecule has 0 radical (unpaired) electrons. The van der Waals surface area contributed by atoms with E-state index in [2.05, 4.69) is 62.8 Å². The number of anilines is 1. The number of rotatable bonds is 10. The molecule has 0 spiro atoms. The van der Waals surface area contributed by atoms with Gasteiger partial charge in [-0.3, -0.25) is 4.79 Å². The van der Waals surface area contributed by atoms with Crippen LogP contribution in [0.1, 0.15) is 71.1 Å². The number of benzene rings is 3. The van der Waals surface area contributed by atoms with Crippen LogP contribution in [-0.2, 0) is 10.2 Å². The fourth-order valence-corrected chi connectivity index (χ4v) is 6.89. The minimum absolute atomic E-state index is 0.0102. The molecule has 0 saturated heterocycles. The van der Waals surface area contributed by atoms with Crippen molar-refractivity contribution in [3.8, 4) is 34.5 Å². The Morgan fingerprint density at radius 3 is 1.64 bits per heavy atom. The van der Waals surface area contributed by atoms with Gasteiger partial charge in [0, 0.05) is 39.0 Å². The number of carbonyl (C=O) groups excluding carboxylic acids is 1. The number of aliphatic hydroxyl groups excluding tert-OH is 2. The van der Waals surface area contributed by atoms with Crippen LogP contribution >= 0.6 is 15.9 Å². The first kappa shape index (κ1) is 33.2. The molecule has 252 valence electrons. The van der Waals surface area contributed by atoms with Gasteiger partial charge in [0.1, 0.15) is 30.1 Å². The molecular weight excluding hydrogens is 670 g/mol. The van der Waals surface area contributed by atoms with E-state index in [1.54, 1.807) is 24.3 Å². The third kappa shape index (κ3) is 6.71. The number of nitrogens with one attached hydrogen (secondary N) is 1. The smallest absolute Gasteiger partial charge is 0.244 e. The average Bonchev–Trinajstić information content (AvgIpc) is 3.69. The van der Waals surface area contributed by atoms with E-state index in [9.17, 15) is 15.0 Å². The zero-order valence-corrected chi connectivity index (χ0v) is 29.2. The van der Waals surface area contributed by atoms with Crippen molar-refractivity contribution in [2.24, 2.45) is 10.8 Å². The topological polar surface area (TPSA) is 125 Å². The summed E-state index contributed by atoms with van der Waals surface area (Å²) >= 11 is 3.62. The zero-order valence-electron chi connectivity index (χ0n) is 27.6. The quantitative estimate of drug-likeness (QED) is 0.215. The van der Waals surface area contributed by atoms with E-state index in [1.807, 2.05) is 18.2 Å². The highest BCUT2D eigenvalue weighted by Crippen LogP contribution is 2.57. The van der Waals surface area contributed by atoms with Gasteiger partial charge >= 0.3 is 0 Å². The Hall–Kier alpha value is -3.67. The van der Waals surface area contributed by atoms with E-state index in [4.69, 9.17) is 28.4 Å². The van der Waals surface area contributed by atoms with Crippen LogP contribution in [0.5, 0.6) is 34.5 Å². The highest BCUT2D eigenvalue weighted by molar-refractivity contribution is 9.10. The molecule has 2 atom stereocenters. The van der Waals surface area contributed by atoms with E-state index in [0.29, 0.717) is 69.7 Å². The number of hydrogen-bond donors (Lipinski definition) is 3. The van der Waals surface area contributed by atoms with Gasteiger partial charge in [-0.1, -0.05) is 57.5 Å². The molecular formula is C36H42BrNO9. The molecule has 0 fully saturated rings. The number of carbonyl (C=O) groups is 1. The van der Waals surface area contributed by atoms with E-state index < -0.39 is 17.6 Å². The molecule has 1 amide bonds. The first-order chi connectivity index (χ1) is 22.1. The first-order valence-corrected chi connectivity index (χ1v) is 16.5. The number of fused-ring (bicyclic) bond motifs is 3. The van der Waals surface area contributed by atoms with Crippen LogP contribution in [0.4, 0.5) is 5.69 Å². The Morgan fingerprint density at radius 2 is 1.19 bits per heavy atom. The van der Waals surface area contributed by atoms with Crippen LogP contribution in [-0.4, -0.2) is 55.1 Å². The monoisotopic (exact) mass is 711 g/mol. The number of halogens is 1. The molecule has 10 nitrogen and oxygen atoms in total. The van der Waals surface area contributed by atoms with E-state index in [-0.39, 0.29) is 43.5 Å². The van der Waals surface area contributed by atoms with Gasteiger partial charge in [0.15, 0.2) is 23.0 Å². The fourth-order valence-electron chi connectivity index (χ4n) is 6.53. The van der Waals surface area contributed by atoms with Crippen LogP contribution < -0.4 is 33.7 Å². The van der Waals surface area contributed by atoms with E-state index in [1.165, 1.54) is 0 Å². The largest absolute Gasteiger partial charge is 0.490 e. The lowest BCUT2D eigenvalue weighted by atomic mass is 9.69. The molecule has 47 heavy (non-hydrogen) atoms. The number of hydrogen-bond acceptors (Lipinski definition) is 9. The van der Waals surface area contributed by atoms with Crippen LogP contribution in [0.3, 0.4) is 0 Å². The van der Waals surface area contributed by atoms with Crippen molar-refractivity contribution in [2.75, 3.05) is 32.1 Å². The molecule has 3 aliphatic rings. The molecule has 0 aromatic heterocycles. The number of ether oxygens (including phenoxy) is 6. The second-order valence-corrected chi connectivity index (χ2v) is 15.7. The molecule has 0 unspecified atom stereocenters. The molecule has 3 aromatic carbocycles. The van der Waals surface area contributed by atoms with Crippen LogP contribution in [0, 0.1) is 10.8 Å². The molecule has 11 heteroatoms. The van der Waals surface area contributed by atoms with Crippen molar-refractivity contribution < 1.29 is 43.4 Å². The molecule has 0 aliphatic carbocycles. The Balaban J connectivity index is 1.56. The van der Waals surface area contributed by atoms with Gasteiger partial charge in [0.2, 0.25) is 19.5 Å². The van der Waals surface area contributed by atoms with Gasteiger partial charge in [-0.2, -0.15) is 0 Å². The number of aliphatic hydroxyl groups is 2. The number of amides is 1. The highest BCUT2D eigenvalue weighted by atomic mass is 79.9. The highest BCUT2D eigenvalue weighted by Gasteiger charge is 2.54. The second kappa shape index (κ2) is 12.4. The Kier molecular flexibility index (Phi) is 8.78. The maximum Gasteiger partial charge on any atom is 0.244 e. The zero-order chi connectivity index (χ0) is 33.7. The average molecular weight is 713 g/mol. The lowest BCUT2D eigenvalue weighted by Gasteiger charge is -2.33. The van der Waals surface area contributed by atoms with Crippen molar-refractivity contribution in [2.45, 2.75) is 72.0 Å². The van der Waals surface area contributed by atoms with Gasteiger partial charge in [-0.05, 0) is 54.0 Å². The van der Waals surface area contributed by atoms with Gasteiger partial charge in [0.05, 0.1) is 12.2 Å².